The van der Waals surface area contributed by atoms with E-state index >= 15 is 0 Å². The van der Waals surface area contributed by atoms with Crippen LogP contribution in [-0.4, -0.2) is 37.2 Å². The largest absolute Gasteiger partial charge is 0.465 e. The summed E-state index contributed by atoms with van der Waals surface area (Å²) in [6, 6.07) is 0. The number of hydrogen-bond acceptors (Lipinski definition) is 7. The molecule has 5 nitrogen and oxygen atoms in total. The molecule has 0 fully saturated rings. The van der Waals surface area contributed by atoms with Crippen molar-refractivity contribution in [2.24, 2.45) is 4.99 Å². The first kappa shape index (κ1) is 15.5. The average molecular weight is 299 g/mol. The number of carbonyl (C=O) groups is 2. The lowest BCUT2D eigenvalue weighted by atomic mass is 10.1. The number of thiophene rings is 1. The SMILES string of the molecule is CCOC(=O)c1sc(N=CC=S)c(C(=O)OC)c1C. The molecule has 102 valence electrons. The van der Waals surface area contributed by atoms with Crippen LogP contribution in [0.1, 0.15) is 32.5 Å². The second-order valence-electron chi connectivity index (χ2n) is 3.36. The number of thiocarbonyl (C=S) groups is 1. The molecule has 1 rings (SSSR count). The zero-order valence-electron chi connectivity index (χ0n) is 10.8. The van der Waals surface area contributed by atoms with Crippen LogP contribution in [0, 0.1) is 6.92 Å². The number of ether oxygens (including phenoxy) is 2. The van der Waals surface area contributed by atoms with E-state index in [2.05, 4.69) is 17.2 Å². The molecule has 1 aromatic rings. The number of hydrogen-bond donors (Lipinski definition) is 0. The van der Waals surface area contributed by atoms with Gasteiger partial charge >= 0.3 is 11.9 Å². The van der Waals surface area contributed by atoms with Gasteiger partial charge < -0.3 is 9.47 Å². The third-order valence-corrected chi connectivity index (χ3v) is 3.53. The van der Waals surface area contributed by atoms with Crippen LogP contribution in [0.5, 0.6) is 0 Å². The third kappa shape index (κ3) is 3.45. The number of aliphatic imine (C=N–C) groups is 1. The highest BCUT2D eigenvalue weighted by Crippen LogP contribution is 2.36. The number of carbonyl (C=O) groups excluding carboxylic acids is 2. The van der Waals surface area contributed by atoms with E-state index in [0.29, 0.717) is 15.4 Å². The fourth-order valence-electron chi connectivity index (χ4n) is 1.42. The fourth-order valence-corrected chi connectivity index (χ4v) is 2.52. The van der Waals surface area contributed by atoms with Crippen molar-refractivity contribution in [3.05, 3.63) is 16.0 Å². The summed E-state index contributed by atoms with van der Waals surface area (Å²) < 4.78 is 9.63. The summed E-state index contributed by atoms with van der Waals surface area (Å²) in [5.74, 6) is -1.01. The first-order valence-electron chi connectivity index (χ1n) is 5.43. The lowest BCUT2D eigenvalue weighted by Crippen LogP contribution is -2.06. The minimum Gasteiger partial charge on any atom is -0.465 e. The van der Waals surface area contributed by atoms with E-state index in [-0.39, 0.29) is 12.2 Å². The standard InChI is InChI=1S/C12H13NO4S2/c1-4-17-12(15)9-7(2)8(11(14)16-3)10(19-9)13-5-6-18/h5-6H,4H2,1-3H3. The lowest BCUT2D eigenvalue weighted by Gasteiger charge is -2.01. The first-order chi connectivity index (χ1) is 9.06. The number of rotatable bonds is 5. The first-order valence-corrected chi connectivity index (χ1v) is 6.72. The van der Waals surface area contributed by atoms with E-state index in [1.807, 2.05) is 0 Å². The van der Waals surface area contributed by atoms with E-state index in [0.717, 1.165) is 11.3 Å². The van der Waals surface area contributed by atoms with Gasteiger partial charge in [-0.15, -0.1) is 11.3 Å². The Labute approximate surface area is 120 Å². The van der Waals surface area contributed by atoms with Crippen molar-refractivity contribution in [3.8, 4) is 0 Å². The monoisotopic (exact) mass is 299 g/mol. The van der Waals surface area contributed by atoms with Crippen LogP contribution in [0.2, 0.25) is 0 Å². The summed E-state index contributed by atoms with van der Waals surface area (Å²) in [6.45, 7) is 3.64. The van der Waals surface area contributed by atoms with Crippen molar-refractivity contribution in [3.63, 3.8) is 0 Å². The Morgan fingerprint density at radius 3 is 2.63 bits per heavy atom. The van der Waals surface area contributed by atoms with Crippen LogP contribution in [0.3, 0.4) is 0 Å². The predicted molar refractivity (Wildman–Crippen MR) is 78.2 cm³/mol. The molecule has 19 heavy (non-hydrogen) atoms. The summed E-state index contributed by atoms with van der Waals surface area (Å²) in [5, 5.41) is 1.70. The van der Waals surface area contributed by atoms with Gasteiger partial charge in [-0.25, -0.2) is 14.6 Å². The zero-order chi connectivity index (χ0) is 14.4. The molecule has 0 bridgehead atoms. The molecule has 0 atom stereocenters. The van der Waals surface area contributed by atoms with Gasteiger partial charge in [0.05, 0.1) is 13.7 Å². The highest BCUT2D eigenvalue weighted by Gasteiger charge is 2.25. The molecule has 7 heteroatoms. The van der Waals surface area contributed by atoms with Gasteiger partial charge in [-0.05, 0) is 19.4 Å². The van der Waals surface area contributed by atoms with Crippen molar-refractivity contribution in [2.45, 2.75) is 13.8 Å². The van der Waals surface area contributed by atoms with Gasteiger partial charge in [0.2, 0.25) is 0 Å². The van der Waals surface area contributed by atoms with Crippen molar-refractivity contribution in [2.75, 3.05) is 13.7 Å². The Balaban J connectivity index is 3.33. The summed E-state index contributed by atoms with van der Waals surface area (Å²) in [6.07, 6.45) is 1.38. The van der Waals surface area contributed by atoms with Gasteiger partial charge in [0.25, 0.3) is 0 Å². The predicted octanol–water partition coefficient (Wildman–Crippen LogP) is 2.72. The molecule has 0 N–H and O–H groups in total. The molecule has 0 aliphatic carbocycles. The molecular weight excluding hydrogens is 286 g/mol. The summed E-state index contributed by atoms with van der Waals surface area (Å²) in [4.78, 5) is 27.9. The highest BCUT2D eigenvalue weighted by molar-refractivity contribution is 7.80. The molecular formula is C12H13NO4S2. The maximum Gasteiger partial charge on any atom is 0.348 e. The Morgan fingerprint density at radius 1 is 1.42 bits per heavy atom. The minimum absolute atomic E-state index is 0.266. The van der Waals surface area contributed by atoms with Crippen molar-refractivity contribution >= 4 is 52.1 Å². The number of esters is 2. The van der Waals surface area contributed by atoms with Crippen LogP contribution in [0.4, 0.5) is 5.00 Å². The molecule has 0 saturated carbocycles. The quantitative estimate of drug-likeness (QED) is 0.475. The van der Waals surface area contributed by atoms with E-state index in [9.17, 15) is 9.59 Å². The fraction of sp³-hybridized carbons (Fsp3) is 0.333. The van der Waals surface area contributed by atoms with Crippen LogP contribution < -0.4 is 0 Å². The van der Waals surface area contributed by atoms with Crippen molar-refractivity contribution in [1.29, 1.82) is 0 Å². The molecule has 0 aliphatic heterocycles. The average Bonchev–Trinajstić information content (AvgIpc) is 2.73. The third-order valence-electron chi connectivity index (χ3n) is 2.23. The minimum atomic E-state index is -0.541. The maximum atomic E-state index is 11.8. The Morgan fingerprint density at radius 2 is 2.11 bits per heavy atom. The normalized spacial score (nSPS) is 10.5. The van der Waals surface area contributed by atoms with Gasteiger partial charge in [0, 0.05) is 11.6 Å². The van der Waals surface area contributed by atoms with Gasteiger partial charge in [-0.1, -0.05) is 12.2 Å². The Kier molecular flexibility index (Phi) is 5.78. The molecule has 1 heterocycles. The molecule has 0 unspecified atom stereocenters. The van der Waals surface area contributed by atoms with E-state index in [1.54, 1.807) is 13.8 Å². The van der Waals surface area contributed by atoms with Gasteiger partial charge in [-0.2, -0.15) is 0 Å². The Hall–Kier alpha value is -1.60. The highest BCUT2D eigenvalue weighted by atomic mass is 32.1. The molecule has 0 aliphatic rings. The van der Waals surface area contributed by atoms with Crippen LogP contribution in [0.25, 0.3) is 0 Å². The number of methoxy groups -OCH3 is 1. The van der Waals surface area contributed by atoms with Crippen LogP contribution in [-0.2, 0) is 9.47 Å². The van der Waals surface area contributed by atoms with E-state index < -0.39 is 11.9 Å². The second-order valence-corrected chi connectivity index (χ2v) is 4.63. The van der Waals surface area contributed by atoms with Crippen molar-refractivity contribution < 1.29 is 19.1 Å². The van der Waals surface area contributed by atoms with Gasteiger partial charge in [0.1, 0.15) is 15.4 Å². The smallest absolute Gasteiger partial charge is 0.348 e. The summed E-state index contributed by atoms with van der Waals surface area (Å²) >= 11 is 5.72. The van der Waals surface area contributed by atoms with E-state index in [1.165, 1.54) is 18.7 Å². The molecule has 1 aromatic heterocycles. The van der Waals surface area contributed by atoms with Gasteiger partial charge in [-0.3, -0.25) is 0 Å². The van der Waals surface area contributed by atoms with Gasteiger partial charge in [0.15, 0.2) is 0 Å². The molecule has 0 saturated heterocycles. The van der Waals surface area contributed by atoms with E-state index in [4.69, 9.17) is 9.47 Å². The van der Waals surface area contributed by atoms with Crippen LogP contribution in [0.15, 0.2) is 4.99 Å². The topological polar surface area (TPSA) is 65.0 Å². The van der Waals surface area contributed by atoms with Crippen LogP contribution >= 0.6 is 23.6 Å². The van der Waals surface area contributed by atoms with Crippen molar-refractivity contribution in [1.82, 2.24) is 0 Å². The number of nitrogens with zero attached hydrogens (tertiary/aromatic N) is 1. The summed E-state index contributed by atoms with van der Waals surface area (Å²) in [7, 11) is 1.27. The lowest BCUT2D eigenvalue weighted by molar-refractivity contribution is 0.0531. The Bertz CT molecular complexity index is 534. The summed E-state index contributed by atoms with van der Waals surface area (Å²) in [5.41, 5.74) is 0.774. The molecule has 0 aromatic carbocycles. The second kappa shape index (κ2) is 7.10. The maximum absolute atomic E-state index is 11.8. The molecule has 0 amide bonds. The zero-order valence-corrected chi connectivity index (χ0v) is 12.4. The molecule has 0 spiro atoms. The molecule has 0 radical (unpaired) electrons.